The Morgan fingerprint density at radius 2 is 1.91 bits per heavy atom. The number of thioether (sulfide) groups is 1. The molecule has 0 radical (unpaired) electrons. The lowest BCUT2D eigenvalue weighted by Gasteiger charge is -2.42. The first-order chi connectivity index (χ1) is 10.6. The maximum Gasteiger partial charge on any atom is 0.321 e. The summed E-state index contributed by atoms with van der Waals surface area (Å²) in [7, 11) is 0. The van der Waals surface area contributed by atoms with Crippen LogP contribution in [0.5, 0.6) is 0 Å². The SMILES string of the molecule is CCCCC1C(CSC(C)(C)C(N)C(=O)O)OC(O)C(O)C1O. The molecule has 136 valence electrons. The topological polar surface area (TPSA) is 133 Å². The number of carbonyl (C=O) groups is 1. The molecule has 0 spiro atoms. The highest BCUT2D eigenvalue weighted by Gasteiger charge is 2.44. The number of ether oxygens (including phenoxy) is 1. The standard InChI is InChI=1S/C15H29NO6S/c1-4-5-6-8-9(22-14(21)11(18)10(8)17)7-23-15(2,3)12(16)13(19)20/h8-12,14,17-18,21H,4-7,16H2,1-3H3,(H,19,20). The van der Waals surface area contributed by atoms with Crippen molar-refractivity contribution in [3.05, 3.63) is 0 Å². The quantitative estimate of drug-likeness (QED) is 0.417. The van der Waals surface area contributed by atoms with E-state index < -0.39 is 41.4 Å². The van der Waals surface area contributed by atoms with Gasteiger partial charge in [-0.05, 0) is 20.3 Å². The van der Waals surface area contributed by atoms with Crippen molar-refractivity contribution in [1.29, 1.82) is 0 Å². The van der Waals surface area contributed by atoms with Gasteiger partial charge in [-0.15, -0.1) is 0 Å². The molecule has 1 saturated heterocycles. The van der Waals surface area contributed by atoms with Crippen LogP contribution in [0.25, 0.3) is 0 Å². The van der Waals surface area contributed by atoms with Crippen LogP contribution in [0.3, 0.4) is 0 Å². The first-order valence-corrected chi connectivity index (χ1v) is 8.92. The van der Waals surface area contributed by atoms with Crippen LogP contribution in [0, 0.1) is 5.92 Å². The molecule has 6 N–H and O–H groups in total. The molecule has 7 nitrogen and oxygen atoms in total. The third kappa shape index (κ3) is 5.30. The summed E-state index contributed by atoms with van der Waals surface area (Å²) in [4.78, 5) is 11.1. The summed E-state index contributed by atoms with van der Waals surface area (Å²) >= 11 is 1.33. The van der Waals surface area contributed by atoms with E-state index in [0.717, 1.165) is 12.8 Å². The van der Waals surface area contributed by atoms with Gasteiger partial charge in [0.05, 0.1) is 12.2 Å². The number of carboxylic acids is 1. The summed E-state index contributed by atoms with van der Waals surface area (Å²) in [5, 5.41) is 38.8. The predicted molar refractivity (Wildman–Crippen MR) is 88.1 cm³/mol. The third-order valence-corrected chi connectivity index (χ3v) is 5.89. The van der Waals surface area contributed by atoms with Gasteiger partial charge in [0.1, 0.15) is 12.1 Å². The number of hydrogen-bond acceptors (Lipinski definition) is 7. The number of unbranched alkanes of at least 4 members (excludes halogenated alkanes) is 1. The lowest BCUT2D eigenvalue weighted by molar-refractivity contribution is -0.264. The van der Waals surface area contributed by atoms with Crippen molar-refractivity contribution in [3.63, 3.8) is 0 Å². The Labute approximate surface area is 141 Å². The minimum absolute atomic E-state index is 0.308. The van der Waals surface area contributed by atoms with E-state index in [1.165, 1.54) is 11.8 Å². The summed E-state index contributed by atoms with van der Waals surface area (Å²) in [6.07, 6.45) is -1.83. The summed E-state index contributed by atoms with van der Waals surface area (Å²) in [6, 6.07) is -1.04. The van der Waals surface area contributed by atoms with Crippen molar-refractivity contribution in [2.75, 3.05) is 5.75 Å². The summed E-state index contributed by atoms with van der Waals surface area (Å²) < 4.78 is 4.73. The number of aliphatic hydroxyl groups excluding tert-OH is 3. The van der Waals surface area contributed by atoms with Crippen LogP contribution in [-0.4, -0.2) is 67.5 Å². The molecule has 23 heavy (non-hydrogen) atoms. The van der Waals surface area contributed by atoms with E-state index in [9.17, 15) is 20.1 Å². The second-order valence-corrected chi connectivity index (χ2v) is 8.26. The van der Waals surface area contributed by atoms with Crippen LogP contribution in [0.2, 0.25) is 0 Å². The second-order valence-electron chi connectivity index (χ2n) is 6.58. The molecular formula is C15H29NO6S. The van der Waals surface area contributed by atoms with Crippen molar-refractivity contribution in [1.82, 2.24) is 0 Å². The first-order valence-electron chi connectivity index (χ1n) is 7.93. The molecule has 0 aliphatic carbocycles. The minimum atomic E-state index is -1.44. The van der Waals surface area contributed by atoms with Crippen LogP contribution in [0.1, 0.15) is 40.0 Å². The third-order valence-electron chi connectivity index (χ3n) is 4.40. The van der Waals surface area contributed by atoms with E-state index in [-0.39, 0.29) is 5.92 Å². The van der Waals surface area contributed by atoms with E-state index in [1.54, 1.807) is 13.8 Å². The average molecular weight is 351 g/mol. The monoisotopic (exact) mass is 351 g/mol. The highest BCUT2D eigenvalue weighted by molar-refractivity contribution is 8.00. The Morgan fingerprint density at radius 1 is 1.30 bits per heavy atom. The predicted octanol–water partition coefficient (Wildman–Crippen LogP) is 0.156. The molecule has 0 aromatic rings. The number of hydrogen-bond donors (Lipinski definition) is 5. The zero-order valence-corrected chi connectivity index (χ0v) is 14.7. The van der Waals surface area contributed by atoms with Crippen molar-refractivity contribution < 1.29 is 30.0 Å². The first kappa shape index (κ1) is 20.7. The molecule has 0 aromatic heterocycles. The molecule has 1 fully saturated rings. The van der Waals surface area contributed by atoms with Crippen LogP contribution >= 0.6 is 11.8 Å². The van der Waals surface area contributed by atoms with Gasteiger partial charge in [0.25, 0.3) is 0 Å². The smallest absolute Gasteiger partial charge is 0.321 e. The van der Waals surface area contributed by atoms with Gasteiger partial charge in [-0.3, -0.25) is 4.79 Å². The molecule has 1 aliphatic heterocycles. The van der Waals surface area contributed by atoms with Gasteiger partial charge < -0.3 is 30.9 Å². The van der Waals surface area contributed by atoms with Gasteiger partial charge in [0, 0.05) is 16.4 Å². The minimum Gasteiger partial charge on any atom is -0.480 e. The molecule has 6 unspecified atom stereocenters. The molecule has 6 atom stereocenters. The van der Waals surface area contributed by atoms with Gasteiger partial charge in [-0.25, -0.2) is 0 Å². The Kier molecular flexibility index (Phi) is 7.76. The van der Waals surface area contributed by atoms with Crippen molar-refractivity contribution >= 4 is 17.7 Å². The number of rotatable bonds is 8. The molecular weight excluding hydrogens is 322 g/mol. The van der Waals surface area contributed by atoms with E-state index in [0.29, 0.717) is 12.2 Å². The van der Waals surface area contributed by atoms with Crippen molar-refractivity contribution in [3.8, 4) is 0 Å². The lowest BCUT2D eigenvalue weighted by Crippen LogP contribution is -2.55. The van der Waals surface area contributed by atoms with Crippen molar-refractivity contribution in [2.45, 2.75) is 75.4 Å². The molecule has 0 bridgehead atoms. The summed E-state index contributed by atoms with van der Waals surface area (Å²) in [5.74, 6) is -1.01. The molecule has 1 aliphatic rings. The van der Waals surface area contributed by atoms with Crippen LogP contribution in [0.4, 0.5) is 0 Å². The van der Waals surface area contributed by atoms with E-state index in [1.807, 2.05) is 6.92 Å². The fourth-order valence-corrected chi connectivity index (χ4v) is 3.85. The lowest BCUT2D eigenvalue weighted by atomic mass is 9.85. The zero-order chi connectivity index (χ0) is 17.8. The summed E-state index contributed by atoms with van der Waals surface area (Å²) in [6.45, 7) is 5.50. The summed E-state index contributed by atoms with van der Waals surface area (Å²) in [5.41, 5.74) is 5.70. The molecule has 0 aromatic carbocycles. The van der Waals surface area contributed by atoms with E-state index in [2.05, 4.69) is 0 Å². The average Bonchev–Trinajstić information content (AvgIpc) is 2.49. The fourth-order valence-electron chi connectivity index (χ4n) is 2.65. The molecule has 1 heterocycles. The molecule has 0 amide bonds. The normalized spacial score (nSPS) is 33.4. The number of nitrogens with two attached hydrogens (primary N) is 1. The molecule has 8 heteroatoms. The van der Waals surface area contributed by atoms with Crippen LogP contribution in [0.15, 0.2) is 0 Å². The molecule has 0 saturated carbocycles. The van der Waals surface area contributed by atoms with Crippen LogP contribution < -0.4 is 5.73 Å². The van der Waals surface area contributed by atoms with Gasteiger partial charge in [0.15, 0.2) is 6.29 Å². The number of carboxylic acid groups (broad SMARTS) is 1. The van der Waals surface area contributed by atoms with Gasteiger partial charge in [0.2, 0.25) is 0 Å². The number of aliphatic hydroxyl groups is 3. The Bertz CT molecular complexity index is 394. The van der Waals surface area contributed by atoms with Gasteiger partial charge >= 0.3 is 5.97 Å². The van der Waals surface area contributed by atoms with Gasteiger partial charge in [-0.2, -0.15) is 11.8 Å². The zero-order valence-electron chi connectivity index (χ0n) is 13.9. The number of aliphatic carboxylic acids is 1. The largest absolute Gasteiger partial charge is 0.480 e. The highest BCUT2D eigenvalue weighted by atomic mass is 32.2. The maximum atomic E-state index is 11.1. The van der Waals surface area contributed by atoms with E-state index in [4.69, 9.17) is 15.6 Å². The van der Waals surface area contributed by atoms with E-state index >= 15 is 0 Å². The van der Waals surface area contributed by atoms with Crippen molar-refractivity contribution in [2.24, 2.45) is 11.7 Å². The van der Waals surface area contributed by atoms with Crippen LogP contribution in [-0.2, 0) is 9.53 Å². The molecule has 1 rings (SSSR count). The maximum absolute atomic E-state index is 11.1. The highest BCUT2D eigenvalue weighted by Crippen LogP contribution is 2.35. The Morgan fingerprint density at radius 3 is 2.43 bits per heavy atom. The fraction of sp³-hybridized carbons (Fsp3) is 0.933. The Balaban J connectivity index is 2.75. The second kappa shape index (κ2) is 8.64. The van der Waals surface area contributed by atoms with Gasteiger partial charge in [-0.1, -0.05) is 19.8 Å². The Hall–Kier alpha value is -0.380.